The molecule has 39 heavy (non-hydrogen) atoms. The normalized spacial score (nSPS) is 19.7. The van der Waals surface area contributed by atoms with E-state index in [9.17, 15) is 31.1 Å². The number of carbonyl (C=O) groups is 3. The molecular weight excluding hydrogens is 536 g/mol. The fraction of sp³-hybridized carbons (Fsp3) is 0.640. The second kappa shape index (κ2) is 15.5. The standard InChI is InChI=1S/C21H33N3O.2C2HF3O2/c1-18-7-6-12-23(15-18)13-11-21(25)22(2)16-19-10-14-24(17-19)20-8-4-3-5-9-20;2*3-2(4,5)1(6)7/h3-5,8-9,18-19H,6-7,10-17H2,1-2H3;2*(H,6,7). The minimum Gasteiger partial charge on any atom is -0.475 e. The molecule has 1 aromatic carbocycles. The maximum atomic E-state index is 12.5. The summed E-state index contributed by atoms with van der Waals surface area (Å²) in [6, 6.07) is 10.6. The molecule has 0 aliphatic carbocycles. The number of alkyl halides is 6. The number of para-hydroxylation sites is 1. The number of nitrogens with zero attached hydrogens (tertiary/aromatic N) is 3. The second-order valence-electron chi connectivity index (χ2n) is 9.61. The molecule has 0 radical (unpaired) electrons. The van der Waals surface area contributed by atoms with Gasteiger partial charge in [-0.3, -0.25) is 4.79 Å². The van der Waals surface area contributed by atoms with Crippen LogP contribution >= 0.6 is 0 Å². The molecule has 0 bridgehead atoms. The van der Waals surface area contributed by atoms with Gasteiger partial charge in [0.2, 0.25) is 5.91 Å². The zero-order valence-electron chi connectivity index (χ0n) is 21.8. The van der Waals surface area contributed by atoms with Gasteiger partial charge in [0.05, 0.1) is 0 Å². The van der Waals surface area contributed by atoms with Gasteiger partial charge in [-0.25, -0.2) is 9.59 Å². The van der Waals surface area contributed by atoms with Gasteiger partial charge in [-0.05, 0) is 49.8 Å². The molecule has 2 N–H and O–H groups in total. The van der Waals surface area contributed by atoms with Gasteiger partial charge in [0.15, 0.2) is 0 Å². The van der Waals surface area contributed by atoms with Crippen LogP contribution in [0.1, 0.15) is 32.6 Å². The van der Waals surface area contributed by atoms with Crippen molar-refractivity contribution < 1.29 is 50.9 Å². The van der Waals surface area contributed by atoms with E-state index in [-0.39, 0.29) is 0 Å². The van der Waals surface area contributed by atoms with Crippen molar-refractivity contribution in [3.05, 3.63) is 30.3 Å². The van der Waals surface area contributed by atoms with E-state index in [0.29, 0.717) is 18.2 Å². The zero-order valence-corrected chi connectivity index (χ0v) is 21.8. The van der Waals surface area contributed by atoms with Crippen molar-refractivity contribution in [2.75, 3.05) is 51.2 Å². The number of rotatable bonds is 6. The van der Waals surface area contributed by atoms with Crippen LogP contribution in [-0.4, -0.2) is 96.5 Å². The number of hydrogen-bond donors (Lipinski definition) is 2. The van der Waals surface area contributed by atoms with Crippen LogP contribution in [-0.2, 0) is 14.4 Å². The van der Waals surface area contributed by atoms with Crippen LogP contribution in [0, 0.1) is 11.8 Å². The Kier molecular flexibility index (Phi) is 13.5. The SMILES string of the molecule is CC1CCCN(CCC(=O)N(C)CC2CCN(c3ccccc3)C2)C1.O=C(O)C(F)(F)F.O=C(O)C(F)(F)F. The predicted molar refractivity (Wildman–Crippen MR) is 131 cm³/mol. The number of piperidine rings is 1. The summed E-state index contributed by atoms with van der Waals surface area (Å²) >= 11 is 0. The van der Waals surface area contributed by atoms with Crippen molar-refractivity contribution in [3.63, 3.8) is 0 Å². The van der Waals surface area contributed by atoms with Crippen molar-refractivity contribution in [3.8, 4) is 0 Å². The fourth-order valence-electron chi connectivity index (χ4n) is 4.28. The number of carbonyl (C=O) groups excluding carboxylic acids is 1. The number of likely N-dealkylation sites (tertiary alicyclic amines) is 1. The van der Waals surface area contributed by atoms with Crippen LogP contribution in [0.5, 0.6) is 0 Å². The van der Waals surface area contributed by atoms with Crippen LogP contribution < -0.4 is 4.90 Å². The van der Waals surface area contributed by atoms with Gasteiger partial charge >= 0.3 is 24.3 Å². The zero-order chi connectivity index (χ0) is 29.8. The van der Waals surface area contributed by atoms with Crippen molar-refractivity contribution in [1.82, 2.24) is 9.80 Å². The molecule has 2 atom stereocenters. The van der Waals surface area contributed by atoms with E-state index in [2.05, 4.69) is 47.1 Å². The van der Waals surface area contributed by atoms with Gasteiger partial charge in [-0.2, -0.15) is 26.3 Å². The molecule has 8 nitrogen and oxygen atoms in total. The number of anilines is 1. The second-order valence-corrected chi connectivity index (χ2v) is 9.61. The van der Waals surface area contributed by atoms with E-state index in [4.69, 9.17) is 19.8 Å². The lowest BCUT2D eigenvalue weighted by atomic mass is 10.0. The Balaban J connectivity index is 0.000000449. The van der Waals surface area contributed by atoms with Gasteiger partial charge in [-0.1, -0.05) is 25.1 Å². The van der Waals surface area contributed by atoms with Gasteiger partial charge in [0.25, 0.3) is 0 Å². The molecule has 2 aliphatic rings. The number of benzene rings is 1. The average molecular weight is 572 g/mol. The van der Waals surface area contributed by atoms with E-state index in [1.54, 1.807) is 0 Å². The monoisotopic (exact) mass is 571 g/mol. The molecule has 0 aromatic heterocycles. The van der Waals surface area contributed by atoms with Gasteiger partial charge in [0, 0.05) is 51.9 Å². The van der Waals surface area contributed by atoms with Crippen molar-refractivity contribution in [2.45, 2.75) is 45.0 Å². The summed E-state index contributed by atoms with van der Waals surface area (Å²) in [5, 5.41) is 14.2. The average Bonchev–Trinajstić information content (AvgIpc) is 3.31. The molecule has 14 heteroatoms. The molecule has 1 aromatic rings. The summed E-state index contributed by atoms with van der Waals surface area (Å²) in [6.45, 7) is 8.61. The van der Waals surface area contributed by atoms with Gasteiger partial charge in [0.1, 0.15) is 0 Å². The Labute approximate surface area is 223 Å². The van der Waals surface area contributed by atoms with E-state index < -0.39 is 24.3 Å². The Morgan fingerprint density at radius 1 is 0.923 bits per heavy atom. The highest BCUT2D eigenvalue weighted by Gasteiger charge is 2.38. The third kappa shape index (κ3) is 13.5. The first-order chi connectivity index (χ1) is 18.0. The molecule has 2 saturated heterocycles. The minimum atomic E-state index is -5.08. The lowest BCUT2D eigenvalue weighted by Crippen LogP contribution is -2.39. The smallest absolute Gasteiger partial charge is 0.475 e. The van der Waals surface area contributed by atoms with Gasteiger partial charge in [-0.15, -0.1) is 0 Å². The minimum absolute atomic E-state index is 0.302. The van der Waals surface area contributed by atoms with Crippen molar-refractivity contribution in [1.29, 1.82) is 0 Å². The first kappa shape index (κ1) is 34.0. The van der Waals surface area contributed by atoms with E-state index in [1.165, 1.54) is 24.9 Å². The summed E-state index contributed by atoms with van der Waals surface area (Å²) in [5.74, 6) is -3.84. The molecule has 2 fully saturated rings. The molecule has 0 spiro atoms. The first-order valence-corrected chi connectivity index (χ1v) is 12.4. The lowest BCUT2D eigenvalue weighted by molar-refractivity contribution is -0.193. The fourth-order valence-corrected chi connectivity index (χ4v) is 4.28. The quantitative estimate of drug-likeness (QED) is 0.490. The highest BCUT2D eigenvalue weighted by atomic mass is 19.4. The maximum Gasteiger partial charge on any atom is 0.490 e. The molecule has 3 rings (SSSR count). The largest absolute Gasteiger partial charge is 0.490 e. The van der Waals surface area contributed by atoms with Gasteiger partial charge < -0.3 is 24.9 Å². The Morgan fingerprint density at radius 3 is 1.95 bits per heavy atom. The molecule has 2 unspecified atom stereocenters. The lowest BCUT2D eigenvalue weighted by Gasteiger charge is -2.31. The summed E-state index contributed by atoms with van der Waals surface area (Å²) in [6.07, 6.45) is -5.71. The Hall–Kier alpha value is -3.03. The first-order valence-electron chi connectivity index (χ1n) is 12.4. The molecular formula is C25H35F6N3O5. The van der Waals surface area contributed by atoms with Crippen LogP contribution in [0.2, 0.25) is 0 Å². The molecule has 222 valence electrons. The predicted octanol–water partition coefficient (Wildman–Crippen LogP) is 4.36. The molecule has 1 amide bonds. The van der Waals surface area contributed by atoms with Crippen molar-refractivity contribution in [2.24, 2.45) is 11.8 Å². The Morgan fingerprint density at radius 2 is 1.46 bits per heavy atom. The number of carboxylic acids is 2. The van der Waals surface area contributed by atoms with Crippen LogP contribution in [0.4, 0.5) is 32.0 Å². The molecule has 0 saturated carbocycles. The van der Waals surface area contributed by atoms with E-state index >= 15 is 0 Å². The maximum absolute atomic E-state index is 12.5. The van der Waals surface area contributed by atoms with E-state index in [1.807, 2.05) is 11.9 Å². The number of aliphatic carboxylic acids is 2. The third-order valence-corrected chi connectivity index (χ3v) is 6.23. The number of carboxylic acid groups (broad SMARTS) is 2. The summed E-state index contributed by atoms with van der Waals surface area (Å²) in [4.78, 5) is 37.2. The highest BCUT2D eigenvalue weighted by Crippen LogP contribution is 2.24. The number of halogens is 6. The van der Waals surface area contributed by atoms with E-state index in [0.717, 1.165) is 45.2 Å². The molecule has 2 heterocycles. The molecule has 2 aliphatic heterocycles. The van der Waals surface area contributed by atoms with Crippen LogP contribution in [0.3, 0.4) is 0 Å². The topological polar surface area (TPSA) is 101 Å². The summed E-state index contributed by atoms with van der Waals surface area (Å²) < 4.78 is 63.5. The van der Waals surface area contributed by atoms with Crippen LogP contribution in [0.15, 0.2) is 30.3 Å². The van der Waals surface area contributed by atoms with Crippen molar-refractivity contribution >= 4 is 23.5 Å². The number of hydrogen-bond acceptors (Lipinski definition) is 5. The number of amides is 1. The highest BCUT2D eigenvalue weighted by molar-refractivity contribution is 5.76. The summed E-state index contributed by atoms with van der Waals surface area (Å²) in [7, 11) is 1.98. The van der Waals surface area contributed by atoms with Crippen LogP contribution in [0.25, 0.3) is 0 Å². The summed E-state index contributed by atoms with van der Waals surface area (Å²) in [5.41, 5.74) is 1.30. The Bertz CT molecular complexity index is 890. The third-order valence-electron chi connectivity index (χ3n) is 6.23.